The van der Waals surface area contributed by atoms with Gasteiger partial charge in [0.1, 0.15) is 0 Å². The smallest absolute Gasteiger partial charge is 0.269 e. The van der Waals surface area contributed by atoms with Crippen LogP contribution >= 0.6 is 27.5 Å². The van der Waals surface area contributed by atoms with Crippen molar-refractivity contribution in [2.75, 3.05) is 0 Å². The number of hydrogen-bond donors (Lipinski definition) is 1. The van der Waals surface area contributed by atoms with Crippen LogP contribution < -0.4 is 5.56 Å². The first-order valence-electron chi connectivity index (χ1n) is 8.29. The molecule has 1 aromatic heterocycles. The minimum atomic E-state index is -0.432. The summed E-state index contributed by atoms with van der Waals surface area (Å²) in [5, 5.41) is 7.41. The second-order valence-electron chi connectivity index (χ2n) is 5.55. The molecule has 8 heteroatoms. The maximum absolute atomic E-state index is 12.5. The summed E-state index contributed by atoms with van der Waals surface area (Å²) >= 11 is 9.49. The van der Waals surface area contributed by atoms with Gasteiger partial charge >= 0.3 is 0 Å². The Bertz CT molecular complexity index is 1090. The average Bonchev–Trinajstić information content (AvgIpc) is 2.90. The molecule has 1 aliphatic rings. The van der Waals surface area contributed by atoms with Gasteiger partial charge in [0.15, 0.2) is 0 Å². The third-order valence-corrected chi connectivity index (χ3v) is 4.83. The van der Waals surface area contributed by atoms with E-state index in [9.17, 15) is 14.4 Å². The van der Waals surface area contributed by atoms with Crippen LogP contribution in [0.15, 0.2) is 45.7 Å². The molecule has 2 aromatic carbocycles. The molecule has 0 unspecified atom stereocenters. The molecule has 1 aliphatic heterocycles. The normalized spacial score (nSPS) is 12.8. The van der Waals surface area contributed by atoms with Crippen LogP contribution in [-0.4, -0.2) is 26.9 Å². The van der Waals surface area contributed by atoms with Crippen molar-refractivity contribution in [3.8, 4) is 0 Å². The van der Waals surface area contributed by atoms with Crippen molar-refractivity contribution in [1.82, 2.24) is 15.1 Å². The molecule has 0 saturated carbocycles. The Morgan fingerprint density at radius 2 is 1.67 bits per heavy atom. The molecule has 0 spiro atoms. The van der Waals surface area contributed by atoms with Gasteiger partial charge in [0.05, 0.1) is 33.8 Å². The van der Waals surface area contributed by atoms with Gasteiger partial charge in [-0.15, -0.1) is 0 Å². The van der Waals surface area contributed by atoms with Crippen molar-refractivity contribution in [3.63, 3.8) is 0 Å². The van der Waals surface area contributed by atoms with Crippen molar-refractivity contribution in [3.05, 3.63) is 73.1 Å². The molecule has 6 nitrogen and oxygen atoms in total. The summed E-state index contributed by atoms with van der Waals surface area (Å²) in [5.41, 5.74) is 0.673. The summed E-state index contributed by atoms with van der Waals surface area (Å²) in [6.07, 6.45) is 0. The number of carbonyl (C=O) groups excluding carboxylic acids is 2. The molecule has 2 amide bonds. The minimum absolute atomic E-state index is 0.0631. The van der Waals surface area contributed by atoms with Crippen molar-refractivity contribution in [2.45, 2.75) is 20.4 Å². The van der Waals surface area contributed by atoms with Gasteiger partial charge < -0.3 is 0 Å². The summed E-state index contributed by atoms with van der Waals surface area (Å²) in [6, 6.07) is 9.93. The lowest BCUT2D eigenvalue weighted by atomic mass is 10.1. The Morgan fingerprint density at radius 3 is 2.26 bits per heavy atom. The predicted octanol–water partition coefficient (Wildman–Crippen LogP) is 4.16. The Hall–Kier alpha value is -2.51. The zero-order chi connectivity index (χ0) is 19.7. The van der Waals surface area contributed by atoms with Crippen molar-refractivity contribution in [2.24, 2.45) is 0 Å². The van der Waals surface area contributed by atoms with Crippen LogP contribution in [-0.2, 0) is 6.54 Å². The molecule has 4 rings (SSSR count). The monoisotopic (exact) mass is 447 g/mol. The summed E-state index contributed by atoms with van der Waals surface area (Å²) in [7, 11) is 0. The second-order valence-corrected chi connectivity index (χ2v) is 6.87. The van der Waals surface area contributed by atoms with E-state index in [1.807, 2.05) is 13.8 Å². The minimum Gasteiger partial charge on any atom is -0.269 e. The van der Waals surface area contributed by atoms with E-state index in [0.29, 0.717) is 26.7 Å². The van der Waals surface area contributed by atoms with E-state index in [4.69, 9.17) is 11.6 Å². The number of fused-ring (bicyclic) bond motifs is 2. The van der Waals surface area contributed by atoms with Crippen LogP contribution in [0, 0.1) is 0 Å². The van der Waals surface area contributed by atoms with E-state index in [0.717, 1.165) is 4.90 Å². The van der Waals surface area contributed by atoms with Crippen molar-refractivity contribution in [1.29, 1.82) is 0 Å². The van der Waals surface area contributed by atoms with Crippen LogP contribution in [0.25, 0.3) is 10.8 Å². The van der Waals surface area contributed by atoms with Crippen molar-refractivity contribution < 1.29 is 9.59 Å². The van der Waals surface area contributed by atoms with E-state index < -0.39 is 5.56 Å². The zero-order valence-corrected chi connectivity index (χ0v) is 16.9. The Balaban J connectivity index is 0.00000102. The van der Waals surface area contributed by atoms with Gasteiger partial charge in [0.2, 0.25) is 0 Å². The Morgan fingerprint density at radius 1 is 1.07 bits per heavy atom. The number of amides is 2. The highest BCUT2D eigenvalue weighted by Gasteiger charge is 2.35. The number of hydrogen-bond acceptors (Lipinski definition) is 4. The molecule has 3 aromatic rings. The lowest BCUT2D eigenvalue weighted by molar-refractivity contribution is 0.0641. The van der Waals surface area contributed by atoms with E-state index in [2.05, 4.69) is 26.1 Å². The van der Waals surface area contributed by atoms with Crippen LogP contribution in [0.1, 0.15) is 40.3 Å². The van der Waals surface area contributed by atoms with Crippen LogP contribution in [0.4, 0.5) is 0 Å². The predicted molar refractivity (Wildman–Crippen MR) is 107 cm³/mol. The number of carbonyl (C=O) groups is 2. The number of aromatic amines is 1. The maximum Gasteiger partial charge on any atom is 0.273 e. The first-order valence-corrected chi connectivity index (χ1v) is 9.46. The summed E-state index contributed by atoms with van der Waals surface area (Å²) in [6.45, 7) is 3.94. The van der Waals surface area contributed by atoms with Gasteiger partial charge in [-0.2, -0.15) is 5.10 Å². The van der Waals surface area contributed by atoms with E-state index >= 15 is 0 Å². The number of imide groups is 1. The van der Waals surface area contributed by atoms with Gasteiger partial charge in [-0.05, 0) is 24.3 Å². The summed E-state index contributed by atoms with van der Waals surface area (Å²) < 4.78 is 0.668. The largest absolute Gasteiger partial charge is 0.273 e. The lowest BCUT2D eigenvalue weighted by Gasteiger charge is -2.14. The van der Waals surface area contributed by atoms with E-state index in [-0.39, 0.29) is 28.8 Å². The number of rotatable bonds is 2. The Labute approximate surface area is 168 Å². The average molecular weight is 449 g/mol. The van der Waals surface area contributed by atoms with Crippen LogP contribution in [0.2, 0.25) is 5.02 Å². The SMILES string of the molecule is CC.O=C1c2ccccc2C(=O)N1Cc1n[nH]c(=O)c2c(Cl)cc(Br)cc12. The molecule has 0 saturated heterocycles. The highest BCUT2D eigenvalue weighted by atomic mass is 79.9. The van der Waals surface area contributed by atoms with Crippen LogP contribution in [0.3, 0.4) is 0 Å². The third kappa shape index (κ3) is 3.28. The molecule has 0 atom stereocenters. The Kier molecular flexibility index (Phi) is 5.43. The number of aromatic nitrogens is 2. The highest BCUT2D eigenvalue weighted by molar-refractivity contribution is 9.10. The molecule has 2 heterocycles. The fourth-order valence-corrected chi connectivity index (χ4v) is 3.81. The maximum atomic E-state index is 12.5. The van der Waals surface area contributed by atoms with Gasteiger partial charge in [-0.3, -0.25) is 19.3 Å². The van der Waals surface area contributed by atoms with Crippen LogP contribution in [0.5, 0.6) is 0 Å². The number of H-pyrrole nitrogens is 1. The fraction of sp³-hybridized carbons (Fsp3) is 0.158. The third-order valence-electron chi connectivity index (χ3n) is 4.07. The van der Waals surface area contributed by atoms with Crippen molar-refractivity contribution >= 4 is 50.1 Å². The molecule has 27 heavy (non-hydrogen) atoms. The zero-order valence-electron chi connectivity index (χ0n) is 14.5. The lowest BCUT2D eigenvalue weighted by Crippen LogP contribution is -2.30. The highest BCUT2D eigenvalue weighted by Crippen LogP contribution is 2.29. The molecular weight excluding hydrogens is 434 g/mol. The van der Waals surface area contributed by atoms with Gasteiger partial charge in [0.25, 0.3) is 17.4 Å². The number of benzene rings is 2. The first kappa shape index (κ1) is 19.3. The fourth-order valence-electron chi connectivity index (χ4n) is 2.92. The molecule has 1 N–H and O–H groups in total. The van der Waals surface area contributed by atoms with E-state index in [1.54, 1.807) is 36.4 Å². The molecule has 0 radical (unpaired) electrons. The summed E-state index contributed by atoms with van der Waals surface area (Å²) in [4.78, 5) is 38.2. The van der Waals surface area contributed by atoms with Gasteiger partial charge in [-0.25, -0.2) is 5.10 Å². The van der Waals surface area contributed by atoms with Gasteiger partial charge in [-0.1, -0.05) is 53.5 Å². The molecule has 0 fully saturated rings. The molecule has 0 aliphatic carbocycles. The number of halogens is 2. The molecule has 138 valence electrons. The quantitative estimate of drug-likeness (QED) is 0.597. The number of nitrogens with zero attached hydrogens (tertiary/aromatic N) is 2. The van der Waals surface area contributed by atoms with E-state index in [1.165, 1.54) is 0 Å². The molecule has 0 bridgehead atoms. The summed E-state index contributed by atoms with van der Waals surface area (Å²) in [5.74, 6) is -0.773. The number of nitrogens with one attached hydrogen (secondary N) is 1. The van der Waals surface area contributed by atoms with Gasteiger partial charge in [0, 0.05) is 9.86 Å². The first-order chi connectivity index (χ1) is 13.0. The standard InChI is InChI=1S/C17H9BrClN3O3.C2H6/c18-8-5-11-13(20-21-15(23)14(11)12(19)6-8)7-22-16(24)9-3-1-2-4-10(9)17(22)25;1-2/h1-6H,7H2,(H,21,23);1-2H3. The second kappa shape index (κ2) is 7.62. The topological polar surface area (TPSA) is 83.1 Å². The molecular formula is C19H15BrClN3O3.